The number of carbonyl (C=O) groups is 3. The van der Waals surface area contributed by atoms with E-state index in [2.05, 4.69) is 9.79 Å². The number of rotatable bonds is 15. The minimum Gasteiger partial charge on any atom is -0.496 e. The largest absolute Gasteiger partial charge is 0.496 e. The predicted octanol–water partition coefficient (Wildman–Crippen LogP) is 4.99. The molecule has 0 radical (unpaired) electrons. The van der Waals surface area contributed by atoms with Crippen LogP contribution in [0.15, 0.2) is 74.6 Å². The third kappa shape index (κ3) is 9.03. The van der Waals surface area contributed by atoms with Crippen LogP contribution in [-0.4, -0.2) is 65.8 Å². The molecule has 0 saturated carbocycles. The molecule has 0 aliphatic carbocycles. The third-order valence-electron chi connectivity index (χ3n) is 9.49. The Kier molecular flexibility index (Phi) is 12.7. The first-order valence-corrected chi connectivity index (χ1v) is 17.6. The Labute approximate surface area is 315 Å². The standard InChI is InChI=1S/C39H43FN2O13/c1-7-31-38(4)37(50-24(3)43)39(5,54-31)36(29(53-38)14-11-9-8-10-13-28-23(2)30(48-6)21-34(46)51-28)52-33(45)16-12-15-32(44)49-22-27-35(41-55-42(27)47)25-17-19-26(40)20-18-25/h8-11,13-14,17-21,29,31,36-37H,7,12,15-16,22H2,1-6H3/b9-8+,13-10+,14-11+/t29-,31+,36-,37+,38-,39+/m0/s1. The normalized spacial score (nSPS) is 24.8. The molecule has 2 aromatic heterocycles. The fourth-order valence-electron chi connectivity index (χ4n) is 6.85. The van der Waals surface area contributed by atoms with E-state index in [1.165, 1.54) is 44.4 Å². The zero-order valence-electron chi connectivity index (χ0n) is 31.3. The number of esters is 3. The summed E-state index contributed by atoms with van der Waals surface area (Å²) in [6, 6.07) is 6.44. The Hall–Kier alpha value is -5.61. The molecule has 2 aliphatic heterocycles. The Bertz CT molecular complexity index is 2020. The van der Waals surface area contributed by atoms with Crippen molar-refractivity contribution in [3.8, 4) is 17.0 Å². The van der Waals surface area contributed by atoms with E-state index in [0.29, 0.717) is 29.1 Å². The highest BCUT2D eigenvalue weighted by Crippen LogP contribution is 2.52. The van der Waals surface area contributed by atoms with Gasteiger partial charge in [-0.1, -0.05) is 37.3 Å². The van der Waals surface area contributed by atoms with Crippen molar-refractivity contribution in [2.45, 2.75) is 103 Å². The Balaban J connectivity index is 1.25. The maximum absolute atomic E-state index is 13.4. The molecule has 15 nitrogen and oxygen atoms in total. The molecule has 2 bridgehead atoms. The van der Waals surface area contributed by atoms with Crippen molar-refractivity contribution in [2.24, 2.45) is 0 Å². The van der Waals surface area contributed by atoms with Gasteiger partial charge in [-0.15, -0.1) is 0 Å². The van der Waals surface area contributed by atoms with Crippen LogP contribution in [0.5, 0.6) is 5.75 Å². The highest BCUT2D eigenvalue weighted by Gasteiger charge is 2.71. The summed E-state index contributed by atoms with van der Waals surface area (Å²) in [6.07, 6.45) is 6.95. The molecular weight excluding hydrogens is 723 g/mol. The maximum atomic E-state index is 13.4. The van der Waals surface area contributed by atoms with E-state index in [-0.39, 0.29) is 35.6 Å². The van der Waals surface area contributed by atoms with Gasteiger partial charge in [0.05, 0.1) is 19.3 Å². The molecule has 0 spiro atoms. The summed E-state index contributed by atoms with van der Waals surface area (Å²) < 4.78 is 58.5. The van der Waals surface area contributed by atoms with Crippen LogP contribution in [0.3, 0.4) is 0 Å². The van der Waals surface area contributed by atoms with E-state index in [4.69, 9.17) is 32.8 Å². The van der Waals surface area contributed by atoms with Crippen molar-refractivity contribution in [1.82, 2.24) is 5.16 Å². The molecule has 0 unspecified atom stereocenters. The lowest BCUT2D eigenvalue weighted by molar-refractivity contribution is -0.808. The lowest BCUT2D eigenvalue weighted by Crippen LogP contribution is -2.66. The number of methoxy groups -OCH3 is 1. The fraction of sp³-hybridized carbons (Fsp3) is 0.436. The van der Waals surface area contributed by atoms with Crippen molar-refractivity contribution < 1.29 is 61.1 Å². The number of ether oxygens (including phenoxy) is 6. The number of allylic oxidation sites excluding steroid dienone is 4. The van der Waals surface area contributed by atoms with Crippen molar-refractivity contribution in [3.05, 3.63) is 99.2 Å². The third-order valence-corrected chi connectivity index (χ3v) is 9.49. The van der Waals surface area contributed by atoms with Gasteiger partial charge in [0.2, 0.25) is 5.69 Å². The molecular formula is C39H43FN2O13. The second-order valence-electron chi connectivity index (χ2n) is 13.4. The fourth-order valence-corrected chi connectivity index (χ4v) is 6.85. The van der Waals surface area contributed by atoms with E-state index in [9.17, 15) is 28.8 Å². The number of benzene rings is 1. The summed E-state index contributed by atoms with van der Waals surface area (Å²) in [5, 5.41) is 15.8. The van der Waals surface area contributed by atoms with Crippen molar-refractivity contribution in [1.29, 1.82) is 0 Å². The van der Waals surface area contributed by atoms with Crippen LogP contribution in [0.25, 0.3) is 17.3 Å². The molecule has 3 aromatic rings. The number of fused-ring (bicyclic) bond motifs is 2. The van der Waals surface area contributed by atoms with Crippen molar-refractivity contribution in [2.75, 3.05) is 7.11 Å². The monoisotopic (exact) mass is 766 g/mol. The molecule has 2 saturated heterocycles. The average Bonchev–Trinajstić information content (AvgIpc) is 3.58. The molecule has 0 N–H and O–H groups in total. The summed E-state index contributed by atoms with van der Waals surface area (Å²) in [6.45, 7) is 7.98. The summed E-state index contributed by atoms with van der Waals surface area (Å²) >= 11 is 0. The minimum absolute atomic E-state index is 0.0415. The summed E-state index contributed by atoms with van der Waals surface area (Å²) in [7, 11) is 1.46. The average molecular weight is 767 g/mol. The minimum atomic E-state index is -1.30. The summed E-state index contributed by atoms with van der Waals surface area (Å²) in [5.74, 6) is -1.66. The van der Waals surface area contributed by atoms with E-state index in [0.717, 1.165) is 0 Å². The van der Waals surface area contributed by atoms with Gasteiger partial charge in [0.1, 0.15) is 34.6 Å². The van der Waals surface area contributed by atoms with E-state index in [1.54, 1.807) is 57.2 Å². The van der Waals surface area contributed by atoms with Crippen LogP contribution in [-0.2, 0) is 44.7 Å². The SMILES string of the molecule is CC[C@H]1O[C@@]2(C)[C@H](OC(C)=O)[C@@]1(C)O[C@@H](/C=C/C=C/C=C/c1oc(=O)cc(OC)c1C)[C@@H]2OC(=O)CCCC(=O)OCc1c(-c2ccc(F)cc2)no[n+]1[O-]. The van der Waals surface area contributed by atoms with Gasteiger partial charge >= 0.3 is 23.5 Å². The highest BCUT2D eigenvalue weighted by molar-refractivity contribution is 5.73. The van der Waals surface area contributed by atoms with Crippen LogP contribution in [0, 0.1) is 17.9 Å². The second kappa shape index (κ2) is 17.2. The van der Waals surface area contributed by atoms with Crippen LogP contribution in [0.2, 0.25) is 0 Å². The number of aromatic nitrogens is 2. The summed E-state index contributed by atoms with van der Waals surface area (Å²) in [5.41, 5.74) is -1.88. The van der Waals surface area contributed by atoms with Crippen LogP contribution < -0.4 is 15.3 Å². The smallest absolute Gasteiger partial charge is 0.339 e. The molecule has 4 heterocycles. The Morgan fingerprint density at radius 3 is 2.42 bits per heavy atom. The Morgan fingerprint density at radius 2 is 1.73 bits per heavy atom. The molecule has 1 aromatic carbocycles. The van der Waals surface area contributed by atoms with Gasteiger partial charge in [-0.2, -0.15) is 0 Å². The maximum Gasteiger partial charge on any atom is 0.339 e. The second-order valence-corrected chi connectivity index (χ2v) is 13.4. The molecule has 5 rings (SSSR count). The van der Waals surface area contributed by atoms with Crippen LogP contribution >= 0.6 is 0 Å². The van der Waals surface area contributed by atoms with Crippen LogP contribution in [0.1, 0.15) is 70.4 Å². The first-order valence-electron chi connectivity index (χ1n) is 17.6. The molecule has 0 amide bonds. The van der Waals surface area contributed by atoms with Crippen LogP contribution in [0.4, 0.5) is 4.39 Å². The van der Waals surface area contributed by atoms with E-state index >= 15 is 0 Å². The number of halogens is 1. The first-order chi connectivity index (χ1) is 26.2. The first kappa shape index (κ1) is 40.6. The van der Waals surface area contributed by atoms with Crippen molar-refractivity contribution in [3.63, 3.8) is 0 Å². The van der Waals surface area contributed by atoms with E-state index in [1.807, 2.05) is 6.92 Å². The van der Waals surface area contributed by atoms with Gasteiger partial charge in [-0.3, -0.25) is 19.0 Å². The Morgan fingerprint density at radius 1 is 1.02 bits per heavy atom. The number of hydrogen-bond donors (Lipinski definition) is 0. The zero-order chi connectivity index (χ0) is 39.9. The van der Waals surface area contributed by atoms with Crippen molar-refractivity contribution >= 4 is 24.0 Å². The van der Waals surface area contributed by atoms with Gasteiger partial charge in [0.25, 0.3) is 5.69 Å². The predicted molar refractivity (Wildman–Crippen MR) is 190 cm³/mol. The lowest BCUT2D eigenvalue weighted by atomic mass is 9.77. The number of hydrogen-bond acceptors (Lipinski definition) is 14. The molecule has 294 valence electrons. The molecule has 2 fully saturated rings. The highest BCUT2D eigenvalue weighted by atomic mass is 19.1. The molecule has 6 atom stereocenters. The number of nitrogens with zero attached hydrogens (tertiary/aromatic N) is 2. The quantitative estimate of drug-likeness (QED) is 0.0870. The zero-order valence-corrected chi connectivity index (χ0v) is 31.3. The van der Waals surface area contributed by atoms with Gasteiger partial charge < -0.3 is 38.0 Å². The summed E-state index contributed by atoms with van der Waals surface area (Å²) in [4.78, 5) is 50.1. The van der Waals surface area contributed by atoms with E-state index < -0.39 is 71.6 Å². The molecule has 16 heteroatoms. The molecule has 55 heavy (non-hydrogen) atoms. The topological polar surface area (TPSA) is 190 Å². The van der Waals surface area contributed by atoms with Gasteiger partial charge in [0.15, 0.2) is 18.8 Å². The lowest BCUT2D eigenvalue weighted by Gasteiger charge is -2.48. The van der Waals surface area contributed by atoms with Gasteiger partial charge in [-0.05, 0) is 68.9 Å². The number of carbonyl (C=O) groups excluding carboxylic acids is 3. The van der Waals surface area contributed by atoms with Gasteiger partial charge in [0, 0.05) is 36.0 Å². The van der Waals surface area contributed by atoms with Gasteiger partial charge in [-0.25, -0.2) is 9.18 Å². The molecule has 2 aliphatic rings.